The Balaban J connectivity index is 1.56. The van der Waals surface area contributed by atoms with Crippen LogP contribution in [0.1, 0.15) is 24.6 Å². The van der Waals surface area contributed by atoms with Gasteiger partial charge in [-0.05, 0) is 25.0 Å². The molecule has 1 saturated carbocycles. The Kier molecular flexibility index (Phi) is 2.96. The molecular formula is C16H17N5. The normalized spacial score (nSPS) is 14.3. The van der Waals surface area contributed by atoms with E-state index in [1.54, 1.807) is 6.20 Å². The highest BCUT2D eigenvalue weighted by Gasteiger charge is 2.25. The molecule has 1 aromatic carbocycles. The van der Waals surface area contributed by atoms with Crippen molar-refractivity contribution in [2.45, 2.75) is 25.4 Å². The molecule has 1 fully saturated rings. The summed E-state index contributed by atoms with van der Waals surface area (Å²) in [6.07, 6.45) is 12.0. The standard InChI is InChI=1S/C16H17N5/c1-2-4-16(20-8-7-17-11-20)15(3-1)19-10-14-9-18-12-21(14)13-5-6-13/h1-4,7-9,11-13,19H,5-6,10H2. The van der Waals surface area contributed by atoms with Gasteiger partial charge in [-0.15, -0.1) is 0 Å². The first-order valence-corrected chi connectivity index (χ1v) is 7.24. The molecular weight excluding hydrogens is 262 g/mol. The van der Waals surface area contributed by atoms with E-state index >= 15 is 0 Å². The Morgan fingerprint density at radius 1 is 1.14 bits per heavy atom. The van der Waals surface area contributed by atoms with Gasteiger partial charge < -0.3 is 14.5 Å². The van der Waals surface area contributed by atoms with Crippen LogP contribution in [0.5, 0.6) is 0 Å². The Hall–Kier alpha value is -2.56. The number of nitrogens with one attached hydrogen (secondary N) is 1. The summed E-state index contributed by atoms with van der Waals surface area (Å²) >= 11 is 0. The van der Waals surface area contributed by atoms with Gasteiger partial charge in [0.15, 0.2) is 0 Å². The molecule has 1 aliphatic rings. The largest absolute Gasteiger partial charge is 0.378 e. The van der Waals surface area contributed by atoms with E-state index in [9.17, 15) is 0 Å². The zero-order valence-electron chi connectivity index (χ0n) is 11.7. The van der Waals surface area contributed by atoms with Crippen molar-refractivity contribution in [3.05, 3.63) is 61.2 Å². The van der Waals surface area contributed by atoms with Gasteiger partial charge in [-0.1, -0.05) is 12.1 Å². The summed E-state index contributed by atoms with van der Waals surface area (Å²) in [5, 5.41) is 3.52. The van der Waals surface area contributed by atoms with E-state index < -0.39 is 0 Å². The maximum absolute atomic E-state index is 4.28. The summed E-state index contributed by atoms with van der Waals surface area (Å²) in [6, 6.07) is 8.92. The fraction of sp³-hybridized carbons (Fsp3) is 0.250. The van der Waals surface area contributed by atoms with Crippen molar-refractivity contribution in [3.8, 4) is 5.69 Å². The van der Waals surface area contributed by atoms with Crippen LogP contribution in [-0.2, 0) is 6.54 Å². The van der Waals surface area contributed by atoms with Gasteiger partial charge in [0.2, 0.25) is 0 Å². The third kappa shape index (κ3) is 2.42. The molecule has 5 heteroatoms. The molecule has 0 spiro atoms. The molecule has 2 aromatic heterocycles. The average Bonchev–Trinajstić information content (AvgIpc) is 3.04. The third-order valence-electron chi connectivity index (χ3n) is 3.83. The van der Waals surface area contributed by atoms with Crippen LogP contribution in [0.25, 0.3) is 5.69 Å². The highest BCUT2D eigenvalue weighted by molar-refractivity contribution is 5.60. The summed E-state index contributed by atoms with van der Waals surface area (Å²) in [4.78, 5) is 8.39. The Bertz CT molecular complexity index is 725. The highest BCUT2D eigenvalue weighted by atomic mass is 15.1. The van der Waals surface area contributed by atoms with Gasteiger partial charge in [-0.3, -0.25) is 0 Å². The van der Waals surface area contributed by atoms with Gasteiger partial charge in [0.1, 0.15) is 0 Å². The molecule has 5 nitrogen and oxygen atoms in total. The molecule has 21 heavy (non-hydrogen) atoms. The molecule has 0 bridgehead atoms. The van der Waals surface area contributed by atoms with E-state index in [-0.39, 0.29) is 0 Å². The summed E-state index contributed by atoms with van der Waals surface area (Å²) in [6.45, 7) is 0.780. The van der Waals surface area contributed by atoms with Gasteiger partial charge in [0.25, 0.3) is 0 Å². The van der Waals surface area contributed by atoms with Crippen LogP contribution in [0.4, 0.5) is 5.69 Å². The van der Waals surface area contributed by atoms with Crippen LogP contribution < -0.4 is 5.32 Å². The fourth-order valence-corrected chi connectivity index (χ4v) is 2.59. The second-order valence-corrected chi connectivity index (χ2v) is 5.36. The smallest absolute Gasteiger partial charge is 0.0992 e. The molecule has 106 valence electrons. The van der Waals surface area contributed by atoms with Crippen LogP contribution in [0.3, 0.4) is 0 Å². The number of benzene rings is 1. The van der Waals surface area contributed by atoms with Crippen molar-refractivity contribution in [3.63, 3.8) is 0 Å². The van der Waals surface area contributed by atoms with Crippen molar-refractivity contribution >= 4 is 5.69 Å². The number of hydrogen-bond donors (Lipinski definition) is 1. The molecule has 1 N–H and O–H groups in total. The summed E-state index contributed by atoms with van der Waals surface area (Å²) < 4.78 is 4.30. The lowest BCUT2D eigenvalue weighted by Gasteiger charge is -2.13. The molecule has 0 amide bonds. The molecule has 0 aliphatic heterocycles. The molecule has 0 unspecified atom stereocenters. The minimum atomic E-state index is 0.660. The Morgan fingerprint density at radius 3 is 2.86 bits per heavy atom. The lowest BCUT2D eigenvalue weighted by atomic mass is 10.2. The average molecular weight is 279 g/mol. The maximum atomic E-state index is 4.28. The molecule has 2 heterocycles. The summed E-state index contributed by atoms with van der Waals surface area (Å²) in [5.41, 5.74) is 3.43. The lowest BCUT2D eigenvalue weighted by molar-refractivity contribution is 0.701. The predicted octanol–water partition coefficient (Wildman–Crippen LogP) is 3.02. The van der Waals surface area contributed by atoms with Crippen LogP contribution in [0.15, 0.2) is 55.5 Å². The van der Waals surface area contributed by atoms with E-state index in [0.717, 1.165) is 17.9 Å². The number of imidazole rings is 2. The van der Waals surface area contributed by atoms with Gasteiger partial charge in [0, 0.05) is 24.6 Å². The number of anilines is 1. The first-order valence-electron chi connectivity index (χ1n) is 7.24. The van der Waals surface area contributed by atoms with Gasteiger partial charge in [-0.2, -0.15) is 0 Å². The predicted molar refractivity (Wildman–Crippen MR) is 81.4 cm³/mol. The molecule has 0 atom stereocenters. The van der Waals surface area contributed by atoms with Crippen LogP contribution in [0, 0.1) is 0 Å². The number of aromatic nitrogens is 4. The van der Waals surface area contributed by atoms with Gasteiger partial charge in [0.05, 0.1) is 36.3 Å². The molecule has 4 rings (SSSR count). The van der Waals surface area contributed by atoms with E-state index in [1.165, 1.54) is 18.5 Å². The van der Waals surface area contributed by atoms with Crippen molar-refractivity contribution < 1.29 is 0 Å². The van der Waals surface area contributed by atoms with E-state index in [2.05, 4.69) is 32.0 Å². The van der Waals surface area contributed by atoms with Gasteiger partial charge in [-0.25, -0.2) is 9.97 Å². The minimum Gasteiger partial charge on any atom is -0.378 e. The number of hydrogen-bond acceptors (Lipinski definition) is 3. The van der Waals surface area contributed by atoms with E-state index in [4.69, 9.17) is 0 Å². The molecule has 0 radical (unpaired) electrons. The molecule has 3 aromatic rings. The Labute approximate surface area is 123 Å². The van der Waals surface area contributed by atoms with Crippen LogP contribution in [-0.4, -0.2) is 19.1 Å². The highest BCUT2D eigenvalue weighted by Crippen LogP contribution is 2.35. The zero-order valence-corrected chi connectivity index (χ0v) is 11.7. The Morgan fingerprint density at radius 2 is 2.05 bits per heavy atom. The third-order valence-corrected chi connectivity index (χ3v) is 3.83. The van der Waals surface area contributed by atoms with Crippen molar-refractivity contribution in [1.82, 2.24) is 19.1 Å². The second kappa shape index (κ2) is 5.09. The van der Waals surface area contributed by atoms with Gasteiger partial charge >= 0.3 is 0 Å². The van der Waals surface area contributed by atoms with E-state index in [0.29, 0.717) is 6.04 Å². The summed E-state index contributed by atoms with van der Waals surface area (Å²) in [5.74, 6) is 0. The molecule has 0 saturated heterocycles. The quantitative estimate of drug-likeness (QED) is 0.781. The lowest BCUT2D eigenvalue weighted by Crippen LogP contribution is -2.07. The number of nitrogens with zero attached hydrogens (tertiary/aromatic N) is 4. The maximum Gasteiger partial charge on any atom is 0.0992 e. The second-order valence-electron chi connectivity index (χ2n) is 5.36. The van der Waals surface area contributed by atoms with E-state index in [1.807, 2.05) is 41.7 Å². The zero-order chi connectivity index (χ0) is 14.1. The first-order chi connectivity index (χ1) is 10.4. The minimum absolute atomic E-state index is 0.660. The topological polar surface area (TPSA) is 47.7 Å². The monoisotopic (exact) mass is 279 g/mol. The number of rotatable bonds is 5. The first kappa shape index (κ1) is 12.2. The fourth-order valence-electron chi connectivity index (χ4n) is 2.59. The van der Waals surface area contributed by atoms with Crippen molar-refractivity contribution in [2.24, 2.45) is 0 Å². The molecule has 1 aliphatic carbocycles. The van der Waals surface area contributed by atoms with Crippen molar-refractivity contribution in [2.75, 3.05) is 5.32 Å². The number of para-hydroxylation sites is 2. The van der Waals surface area contributed by atoms with Crippen LogP contribution in [0.2, 0.25) is 0 Å². The SMILES string of the molecule is c1ccc(-n2ccnc2)c(NCc2cncn2C2CC2)c1. The summed E-state index contributed by atoms with van der Waals surface area (Å²) in [7, 11) is 0. The van der Waals surface area contributed by atoms with Crippen molar-refractivity contribution in [1.29, 1.82) is 0 Å². The van der Waals surface area contributed by atoms with Crippen LogP contribution >= 0.6 is 0 Å².